The zero-order valence-corrected chi connectivity index (χ0v) is 15.0. The second-order valence-corrected chi connectivity index (χ2v) is 6.54. The predicted octanol–water partition coefficient (Wildman–Crippen LogP) is 5.39. The topological polar surface area (TPSA) is 9.23 Å². The van der Waals surface area contributed by atoms with Gasteiger partial charge in [-0.3, -0.25) is 0 Å². The molecular weight excluding hydrogens is 399 g/mol. The first-order chi connectivity index (χ1) is 10.1. The summed E-state index contributed by atoms with van der Waals surface area (Å²) in [5.74, 6) is 1.05. The minimum Gasteiger partial charge on any atom is -0.496 e. The fourth-order valence-corrected chi connectivity index (χ4v) is 3.15. The molecule has 21 heavy (non-hydrogen) atoms. The zero-order valence-electron chi connectivity index (χ0n) is 11.8. The standard InChI is InChI=1S/C17H17Br2FO/c1-21-17-5-3-2-4-14(17)9-12(11-18)8-13-6-7-15(19)10-16(13)20/h2-7,10,12H,8-9,11H2,1H3. The molecular formula is C17H17Br2FO. The number of methoxy groups -OCH3 is 1. The molecule has 1 nitrogen and oxygen atoms in total. The van der Waals surface area contributed by atoms with Crippen LogP contribution in [0.5, 0.6) is 5.75 Å². The van der Waals surface area contributed by atoms with Crippen LogP contribution >= 0.6 is 31.9 Å². The van der Waals surface area contributed by atoms with Crippen molar-refractivity contribution in [3.05, 3.63) is 63.9 Å². The number of benzene rings is 2. The lowest BCUT2D eigenvalue weighted by Gasteiger charge is -2.16. The van der Waals surface area contributed by atoms with Gasteiger partial charge in [0.05, 0.1) is 7.11 Å². The Labute approximate surface area is 141 Å². The number of para-hydroxylation sites is 1. The van der Waals surface area contributed by atoms with Crippen molar-refractivity contribution < 1.29 is 9.13 Å². The molecule has 0 aliphatic carbocycles. The fourth-order valence-electron chi connectivity index (χ4n) is 2.36. The smallest absolute Gasteiger partial charge is 0.127 e. The number of hydrogen-bond donors (Lipinski definition) is 0. The molecule has 4 heteroatoms. The Morgan fingerprint density at radius 3 is 2.48 bits per heavy atom. The number of rotatable bonds is 6. The van der Waals surface area contributed by atoms with Crippen LogP contribution in [0.4, 0.5) is 4.39 Å². The summed E-state index contributed by atoms with van der Waals surface area (Å²) in [5, 5.41) is 0.820. The van der Waals surface area contributed by atoms with Crippen LogP contribution < -0.4 is 4.74 Å². The van der Waals surface area contributed by atoms with Crippen molar-refractivity contribution in [2.24, 2.45) is 5.92 Å². The maximum atomic E-state index is 14.0. The molecule has 0 aliphatic heterocycles. The first-order valence-electron chi connectivity index (χ1n) is 6.75. The molecule has 112 valence electrons. The van der Waals surface area contributed by atoms with E-state index in [4.69, 9.17) is 4.74 Å². The fraction of sp³-hybridized carbons (Fsp3) is 0.294. The van der Waals surface area contributed by atoms with Gasteiger partial charge < -0.3 is 4.74 Å². The van der Waals surface area contributed by atoms with E-state index >= 15 is 0 Å². The van der Waals surface area contributed by atoms with Crippen LogP contribution in [-0.2, 0) is 12.8 Å². The van der Waals surface area contributed by atoms with E-state index in [9.17, 15) is 4.39 Å². The highest BCUT2D eigenvalue weighted by atomic mass is 79.9. The molecule has 2 aromatic carbocycles. The van der Waals surface area contributed by atoms with E-state index in [1.165, 1.54) is 6.07 Å². The molecule has 0 saturated carbocycles. The summed E-state index contributed by atoms with van der Waals surface area (Å²) in [4.78, 5) is 0. The molecule has 1 unspecified atom stereocenters. The predicted molar refractivity (Wildman–Crippen MR) is 91.8 cm³/mol. The molecule has 0 N–H and O–H groups in total. The lowest BCUT2D eigenvalue weighted by molar-refractivity contribution is 0.405. The van der Waals surface area contributed by atoms with Crippen molar-refractivity contribution in [1.82, 2.24) is 0 Å². The van der Waals surface area contributed by atoms with Crippen LogP contribution in [0.3, 0.4) is 0 Å². The maximum Gasteiger partial charge on any atom is 0.127 e. The van der Waals surface area contributed by atoms with E-state index in [0.717, 1.165) is 33.1 Å². The maximum absolute atomic E-state index is 14.0. The lowest BCUT2D eigenvalue weighted by Crippen LogP contribution is -2.11. The third-order valence-electron chi connectivity index (χ3n) is 3.44. The molecule has 0 amide bonds. The summed E-state index contributed by atoms with van der Waals surface area (Å²) in [5.41, 5.74) is 1.90. The summed E-state index contributed by atoms with van der Waals surface area (Å²) < 4.78 is 20.1. The molecule has 0 bridgehead atoms. The van der Waals surface area contributed by atoms with Gasteiger partial charge in [-0.2, -0.15) is 0 Å². The van der Waals surface area contributed by atoms with E-state index in [1.807, 2.05) is 30.3 Å². The first kappa shape index (κ1) is 16.5. The summed E-state index contributed by atoms with van der Waals surface area (Å²) in [6, 6.07) is 13.2. The monoisotopic (exact) mass is 414 g/mol. The molecule has 0 radical (unpaired) electrons. The van der Waals surface area contributed by atoms with E-state index in [1.54, 1.807) is 7.11 Å². The summed E-state index contributed by atoms with van der Waals surface area (Å²) >= 11 is 6.83. The van der Waals surface area contributed by atoms with Crippen LogP contribution in [0.15, 0.2) is 46.9 Å². The number of hydrogen-bond acceptors (Lipinski definition) is 1. The van der Waals surface area contributed by atoms with E-state index in [2.05, 4.69) is 37.9 Å². The molecule has 2 rings (SSSR count). The minimum atomic E-state index is -0.157. The van der Waals surface area contributed by atoms with E-state index in [0.29, 0.717) is 12.3 Å². The van der Waals surface area contributed by atoms with Crippen LogP contribution in [0.2, 0.25) is 0 Å². The Morgan fingerprint density at radius 2 is 1.81 bits per heavy atom. The highest BCUT2D eigenvalue weighted by Gasteiger charge is 2.14. The average Bonchev–Trinajstić information content (AvgIpc) is 2.49. The van der Waals surface area contributed by atoms with Gasteiger partial charge in [0.25, 0.3) is 0 Å². The van der Waals surface area contributed by atoms with Gasteiger partial charge in [-0.25, -0.2) is 4.39 Å². The van der Waals surface area contributed by atoms with Crippen molar-refractivity contribution >= 4 is 31.9 Å². The largest absolute Gasteiger partial charge is 0.496 e. The molecule has 0 aliphatic rings. The van der Waals surface area contributed by atoms with Crippen LogP contribution in [0.25, 0.3) is 0 Å². The minimum absolute atomic E-state index is 0.157. The quantitative estimate of drug-likeness (QED) is 0.574. The molecule has 0 saturated heterocycles. The molecule has 0 aromatic heterocycles. The summed E-state index contributed by atoms with van der Waals surface area (Å²) in [6.45, 7) is 0. The van der Waals surface area contributed by atoms with Crippen LogP contribution in [-0.4, -0.2) is 12.4 Å². The van der Waals surface area contributed by atoms with Crippen LogP contribution in [0, 0.1) is 11.7 Å². The Balaban J connectivity index is 2.13. The Morgan fingerprint density at radius 1 is 1.10 bits per heavy atom. The normalized spacial score (nSPS) is 12.2. The van der Waals surface area contributed by atoms with Crippen molar-refractivity contribution in [2.75, 3.05) is 12.4 Å². The van der Waals surface area contributed by atoms with Gasteiger partial charge >= 0.3 is 0 Å². The van der Waals surface area contributed by atoms with Gasteiger partial charge in [-0.1, -0.05) is 56.1 Å². The highest BCUT2D eigenvalue weighted by molar-refractivity contribution is 9.10. The Hall–Kier alpha value is -0.870. The molecule has 0 heterocycles. The van der Waals surface area contributed by atoms with Gasteiger partial charge in [0, 0.05) is 9.80 Å². The van der Waals surface area contributed by atoms with Gasteiger partial charge in [0.15, 0.2) is 0 Å². The third kappa shape index (κ3) is 4.55. The number of ether oxygens (including phenoxy) is 1. The van der Waals surface area contributed by atoms with Crippen molar-refractivity contribution in [1.29, 1.82) is 0 Å². The average molecular weight is 416 g/mol. The second kappa shape index (κ2) is 7.95. The molecule has 0 fully saturated rings. The van der Waals surface area contributed by atoms with Gasteiger partial charge in [-0.15, -0.1) is 0 Å². The van der Waals surface area contributed by atoms with Crippen molar-refractivity contribution in [3.63, 3.8) is 0 Å². The third-order valence-corrected chi connectivity index (χ3v) is 4.85. The SMILES string of the molecule is COc1ccccc1CC(CBr)Cc1ccc(Br)cc1F. The van der Waals surface area contributed by atoms with Crippen LogP contribution in [0.1, 0.15) is 11.1 Å². The van der Waals surface area contributed by atoms with Gasteiger partial charge in [0.2, 0.25) is 0 Å². The van der Waals surface area contributed by atoms with E-state index < -0.39 is 0 Å². The molecule has 2 aromatic rings. The molecule has 1 atom stereocenters. The summed E-state index contributed by atoms with van der Waals surface area (Å²) in [6.07, 6.45) is 1.55. The number of alkyl halides is 1. The first-order valence-corrected chi connectivity index (χ1v) is 8.67. The van der Waals surface area contributed by atoms with E-state index in [-0.39, 0.29) is 5.82 Å². The molecule has 0 spiro atoms. The zero-order chi connectivity index (χ0) is 15.2. The Kier molecular flexibility index (Phi) is 6.24. The highest BCUT2D eigenvalue weighted by Crippen LogP contribution is 2.25. The second-order valence-electron chi connectivity index (χ2n) is 4.98. The van der Waals surface area contributed by atoms with Crippen molar-refractivity contribution in [2.45, 2.75) is 12.8 Å². The van der Waals surface area contributed by atoms with Gasteiger partial charge in [-0.05, 0) is 48.1 Å². The number of halogens is 3. The summed E-state index contributed by atoms with van der Waals surface area (Å²) in [7, 11) is 1.68. The van der Waals surface area contributed by atoms with Gasteiger partial charge in [0.1, 0.15) is 11.6 Å². The Bertz CT molecular complexity index is 601. The lowest BCUT2D eigenvalue weighted by atomic mass is 9.93. The van der Waals surface area contributed by atoms with Crippen molar-refractivity contribution in [3.8, 4) is 5.75 Å².